The highest BCUT2D eigenvalue weighted by atomic mass is 35.5. The number of rotatable bonds is 12. The summed E-state index contributed by atoms with van der Waals surface area (Å²) in [4.78, 5) is 28.8. The number of carbonyl (C=O) groups is 2. The molecule has 0 saturated heterocycles. The maximum atomic E-state index is 14.2. The van der Waals surface area contributed by atoms with Crippen molar-refractivity contribution in [2.24, 2.45) is 0 Å². The van der Waals surface area contributed by atoms with Crippen LogP contribution in [0.4, 0.5) is 5.69 Å². The van der Waals surface area contributed by atoms with Gasteiger partial charge in [-0.25, -0.2) is 8.42 Å². The molecule has 1 atom stereocenters. The Balaban J connectivity index is 2.12. The number of benzene rings is 3. The Morgan fingerprint density at radius 2 is 1.52 bits per heavy atom. The minimum atomic E-state index is -4.14. The van der Waals surface area contributed by atoms with Gasteiger partial charge in [0.25, 0.3) is 10.0 Å². The van der Waals surface area contributed by atoms with Crippen LogP contribution in [0.5, 0.6) is 0 Å². The molecular formula is C30H35Cl2N3O4S. The van der Waals surface area contributed by atoms with Crippen molar-refractivity contribution in [1.29, 1.82) is 0 Å². The number of carbonyl (C=O) groups excluding carboxylic acids is 2. The van der Waals surface area contributed by atoms with E-state index < -0.39 is 28.5 Å². The fraction of sp³-hybridized carbons (Fsp3) is 0.333. The normalized spacial score (nSPS) is 12.1. The Hall–Kier alpha value is -3.07. The second kappa shape index (κ2) is 14.0. The zero-order chi connectivity index (χ0) is 29.4. The molecule has 1 N–H and O–H groups in total. The van der Waals surface area contributed by atoms with Crippen molar-refractivity contribution >= 4 is 50.7 Å². The predicted octanol–water partition coefficient (Wildman–Crippen LogP) is 6.14. The molecule has 10 heteroatoms. The molecule has 3 aromatic carbocycles. The van der Waals surface area contributed by atoms with Crippen molar-refractivity contribution in [3.05, 3.63) is 93.5 Å². The molecule has 0 bridgehead atoms. The van der Waals surface area contributed by atoms with Crippen molar-refractivity contribution in [3.63, 3.8) is 0 Å². The highest BCUT2D eigenvalue weighted by Gasteiger charge is 2.34. The lowest BCUT2D eigenvalue weighted by Crippen LogP contribution is -2.52. The van der Waals surface area contributed by atoms with Gasteiger partial charge in [-0.15, -0.1) is 0 Å². The van der Waals surface area contributed by atoms with Crippen molar-refractivity contribution in [1.82, 2.24) is 10.2 Å². The van der Waals surface area contributed by atoms with E-state index in [9.17, 15) is 18.0 Å². The Kier molecular flexibility index (Phi) is 11.0. The van der Waals surface area contributed by atoms with Gasteiger partial charge in [-0.1, -0.05) is 73.4 Å². The summed E-state index contributed by atoms with van der Waals surface area (Å²) < 4.78 is 29.1. The van der Waals surface area contributed by atoms with E-state index in [0.717, 1.165) is 21.9 Å². The number of sulfonamides is 1. The molecule has 214 valence electrons. The van der Waals surface area contributed by atoms with Gasteiger partial charge in [-0.2, -0.15) is 0 Å². The molecule has 0 unspecified atom stereocenters. The third kappa shape index (κ3) is 7.16. The second-order valence-corrected chi connectivity index (χ2v) is 12.2. The summed E-state index contributed by atoms with van der Waals surface area (Å²) in [6.07, 6.45) is 1.03. The van der Waals surface area contributed by atoms with E-state index in [2.05, 4.69) is 5.32 Å². The molecule has 0 heterocycles. The second-order valence-electron chi connectivity index (χ2n) is 9.48. The first-order valence-electron chi connectivity index (χ1n) is 13.2. The molecule has 0 spiro atoms. The summed E-state index contributed by atoms with van der Waals surface area (Å²) in [5.74, 6) is -0.889. The smallest absolute Gasteiger partial charge is 0.264 e. The summed E-state index contributed by atoms with van der Waals surface area (Å²) in [6, 6.07) is 17.4. The van der Waals surface area contributed by atoms with Gasteiger partial charge in [0, 0.05) is 28.7 Å². The molecule has 0 saturated carbocycles. The van der Waals surface area contributed by atoms with Crippen LogP contribution >= 0.6 is 23.2 Å². The number of aryl methyl sites for hydroxylation is 1. The van der Waals surface area contributed by atoms with Crippen LogP contribution in [0.1, 0.15) is 43.4 Å². The quantitative estimate of drug-likeness (QED) is 0.269. The van der Waals surface area contributed by atoms with E-state index in [4.69, 9.17) is 23.2 Å². The van der Waals surface area contributed by atoms with E-state index >= 15 is 0 Å². The average Bonchev–Trinajstić information content (AvgIpc) is 2.94. The Morgan fingerprint density at radius 3 is 2.12 bits per heavy atom. The van der Waals surface area contributed by atoms with E-state index in [-0.39, 0.29) is 17.3 Å². The molecule has 0 aromatic heterocycles. The SMILES string of the molecule is CCCNC(=O)[C@H](CC)N(Cc1c(Cl)cccc1Cl)C(=O)CN(c1cccc(C)c1C)S(=O)(=O)c1ccccc1. The number of amides is 2. The molecule has 0 aliphatic rings. The van der Waals surface area contributed by atoms with Gasteiger partial charge in [0.05, 0.1) is 10.6 Å². The van der Waals surface area contributed by atoms with Crippen LogP contribution in [-0.4, -0.2) is 44.3 Å². The summed E-state index contributed by atoms with van der Waals surface area (Å²) in [5, 5.41) is 3.55. The largest absolute Gasteiger partial charge is 0.354 e. The molecule has 0 aliphatic carbocycles. The van der Waals surface area contributed by atoms with Crippen LogP contribution in [0.25, 0.3) is 0 Å². The van der Waals surface area contributed by atoms with E-state index in [0.29, 0.717) is 34.3 Å². The number of hydrogen-bond donors (Lipinski definition) is 1. The van der Waals surface area contributed by atoms with Crippen molar-refractivity contribution in [3.8, 4) is 0 Å². The van der Waals surface area contributed by atoms with Crippen molar-refractivity contribution < 1.29 is 18.0 Å². The van der Waals surface area contributed by atoms with Gasteiger partial charge in [-0.05, 0) is 68.1 Å². The van der Waals surface area contributed by atoms with Gasteiger partial charge < -0.3 is 10.2 Å². The summed E-state index contributed by atoms with van der Waals surface area (Å²) in [7, 11) is -4.14. The summed E-state index contributed by atoms with van der Waals surface area (Å²) >= 11 is 12.9. The zero-order valence-electron chi connectivity index (χ0n) is 23.2. The van der Waals surface area contributed by atoms with Gasteiger partial charge in [0.15, 0.2) is 0 Å². The fourth-order valence-electron chi connectivity index (χ4n) is 4.38. The third-order valence-electron chi connectivity index (χ3n) is 6.78. The monoisotopic (exact) mass is 603 g/mol. The van der Waals surface area contributed by atoms with Gasteiger partial charge in [0.1, 0.15) is 12.6 Å². The average molecular weight is 605 g/mol. The molecule has 0 aliphatic heterocycles. The number of halogens is 2. The number of anilines is 1. The first-order valence-corrected chi connectivity index (χ1v) is 15.4. The molecule has 7 nitrogen and oxygen atoms in total. The van der Waals surface area contributed by atoms with E-state index in [1.54, 1.807) is 55.5 Å². The number of nitrogens with zero attached hydrogens (tertiary/aromatic N) is 2. The minimum Gasteiger partial charge on any atom is -0.354 e. The predicted molar refractivity (Wildman–Crippen MR) is 161 cm³/mol. The minimum absolute atomic E-state index is 0.0529. The Bertz CT molecular complexity index is 1430. The molecule has 2 amide bonds. The van der Waals surface area contributed by atoms with E-state index in [1.165, 1.54) is 17.0 Å². The Labute approximate surface area is 247 Å². The van der Waals surface area contributed by atoms with Crippen LogP contribution in [0, 0.1) is 13.8 Å². The van der Waals surface area contributed by atoms with E-state index in [1.807, 2.05) is 26.8 Å². The van der Waals surface area contributed by atoms with Crippen molar-refractivity contribution in [2.75, 3.05) is 17.4 Å². The first-order chi connectivity index (χ1) is 19.0. The number of nitrogens with one attached hydrogen (secondary N) is 1. The molecule has 3 rings (SSSR count). The lowest BCUT2D eigenvalue weighted by atomic mass is 10.1. The number of hydrogen-bond acceptors (Lipinski definition) is 4. The maximum Gasteiger partial charge on any atom is 0.264 e. The lowest BCUT2D eigenvalue weighted by molar-refractivity contribution is -0.140. The van der Waals surface area contributed by atoms with Crippen LogP contribution in [0.15, 0.2) is 71.6 Å². The summed E-state index contributed by atoms with van der Waals surface area (Å²) in [5.41, 5.74) is 2.47. The first kappa shape index (κ1) is 31.5. The fourth-order valence-corrected chi connectivity index (χ4v) is 6.39. The van der Waals surface area contributed by atoms with Crippen LogP contribution in [-0.2, 0) is 26.2 Å². The highest BCUT2D eigenvalue weighted by molar-refractivity contribution is 7.92. The molecular weight excluding hydrogens is 569 g/mol. The Morgan fingerprint density at radius 1 is 0.900 bits per heavy atom. The van der Waals surface area contributed by atoms with Crippen LogP contribution < -0.4 is 9.62 Å². The van der Waals surface area contributed by atoms with Gasteiger partial charge in [-0.3, -0.25) is 13.9 Å². The summed E-state index contributed by atoms with van der Waals surface area (Å²) in [6.45, 7) is 7.28. The van der Waals surface area contributed by atoms with Crippen LogP contribution in [0.2, 0.25) is 10.0 Å². The molecule has 3 aromatic rings. The molecule has 0 fully saturated rings. The van der Waals surface area contributed by atoms with Gasteiger partial charge >= 0.3 is 0 Å². The van der Waals surface area contributed by atoms with Crippen LogP contribution in [0.3, 0.4) is 0 Å². The van der Waals surface area contributed by atoms with Crippen molar-refractivity contribution in [2.45, 2.75) is 58.0 Å². The lowest BCUT2D eigenvalue weighted by Gasteiger charge is -2.34. The van der Waals surface area contributed by atoms with Gasteiger partial charge in [0.2, 0.25) is 11.8 Å². The zero-order valence-corrected chi connectivity index (χ0v) is 25.5. The standard InChI is InChI=1S/C30H35Cl2N3O4S/c1-5-18-33-30(37)27(6-2)34(19-24-25(31)15-11-16-26(24)32)29(36)20-35(28-17-10-12-21(3)22(28)4)40(38,39)23-13-8-7-9-14-23/h7-17,27H,5-6,18-20H2,1-4H3,(H,33,37)/t27-/m0/s1. The topological polar surface area (TPSA) is 86.8 Å². The molecule has 40 heavy (non-hydrogen) atoms. The maximum absolute atomic E-state index is 14.2. The highest BCUT2D eigenvalue weighted by Crippen LogP contribution is 2.30. The molecule has 0 radical (unpaired) electrons. The third-order valence-corrected chi connectivity index (χ3v) is 9.26.